The van der Waals surface area contributed by atoms with Crippen LogP contribution in [0.15, 0.2) is 24.3 Å². The third-order valence-corrected chi connectivity index (χ3v) is 13.3. The van der Waals surface area contributed by atoms with Gasteiger partial charge in [-0.1, -0.05) is 244 Å². The standard InChI is InChI=1S/C58H111NO5/c1-4-7-10-13-16-19-22-25-27-28-30-33-36-39-42-45-48-51-58(63)64-54(49-46-43-40-37-34-31-24-21-18-15-12-9-6-3)52-57(62)59-55(53-60)56(61)50-47-44-41-38-35-32-29-26-23-20-17-14-11-8-5-2/h21,24-25,27,54-56,60-61H,4-20,22-23,26,28-53H2,1-3H3,(H,59,62)/b24-21-,27-25+. The highest BCUT2D eigenvalue weighted by atomic mass is 16.5. The van der Waals surface area contributed by atoms with Gasteiger partial charge < -0.3 is 20.3 Å². The van der Waals surface area contributed by atoms with Crippen molar-refractivity contribution in [3.63, 3.8) is 0 Å². The second kappa shape index (κ2) is 52.3. The Morgan fingerprint density at radius 2 is 0.750 bits per heavy atom. The Balaban J connectivity index is 4.51. The van der Waals surface area contributed by atoms with Crippen LogP contribution >= 0.6 is 0 Å². The summed E-state index contributed by atoms with van der Waals surface area (Å²) < 4.78 is 5.95. The summed E-state index contributed by atoms with van der Waals surface area (Å²) in [5, 5.41) is 23.9. The summed E-state index contributed by atoms with van der Waals surface area (Å²) in [7, 11) is 0. The number of hydrogen-bond donors (Lipinski definition) is 3. The Bertz CT molecular complexity index is 1010. The number of esters is 1. The summed E-state index contributed by atoms with van der Waals surface area (Å²) in [4.78, 5) is 26.2. The smallest absolute Gasteiger partial charge is 0.306 e. The molecular formula is C58H111NO5. The van der Waals surface area contributed by atoms with Crippen LogP contribution in [-0.2, 0) is 14.3 Å². The molecule has 0 spiro atoms. The first-order valence-electron chi connectivity index (χ1n) is 28.6. The molecule has 0 aliphatic rings. The van der Waals surface area contributed by atoms with E-state index in [9.17, 15) is 19.8 Å². The Labute approximate surface area is 399 Å². The number of ether oxygens (including phenoxy) is 1. The monoisotopic (exact) mass is 902 g/mol. The van der Waals surface area contributed by atoms with Gasteiger partial charge in [0.25, 0.3) is 0 Å². The lowest BCUT2D eigenvalue weighted by Gasteiger charge is -2.24. The molecule has 0 aromatic heterocycles. The molecule has 0 radical (unpaired) electrons. The average molecular weight is 903 g/mol. The second-order valence-corrected chi connectivity index (χ2v) is 19.7. The van der Waals surface area contributed by atoms with E-state index in [2.05, 4.69) is 50.4 Å². The number of nitrogens with one attached hydrogen (secondary N) is 1. The number of amides is 1. The molecule has 0 aromatic carbocycles. The molecule has 1 amide bonds. The van der Waals surface area contributed by atoms with Crippen molar-refractivity contribution in [3.05, 3.63) is 24.3 Å². The minimum atomic E-state index is -0.788. The zero-order chi connectivity index (χ0) is 46.7. The Morgan fingerprint density at radius 3 is 1.12 bits per heavy atom. The Kier molecular flexibility index (Phi) is 51.0. The third kappa shape index (κ3) is 46.9. The molecule has 64 heavy (non-hydrogen) atoms. The zero-order valence-electron chi connectivity index (χ0n) is 43.2. The predicted octanol–water partition coefficient (Wildman–Crippen LogP) is 17.5. The fourth-order valence-electron chi connectivity index (χ4n) is 8.89. The van der Waals surface area contributed by atoms with Gasteiger partial charge >= 0.3 is 5.97 Å². The van der Waals surface area contributed by atoms with Crippen molar-refractivity contribution in [2.24, 2.45) is 0 Å². The van der Waals surface area contributed by atoms with Crippen LogP contribution in [0.1, 0.15) is 310 Å². The van der Waals surface area contributed by atoms with Crippen molar-refractivity contribution < 1.29 is 24.5 Å². The van der Waals surface area contributed by atoms with Crippen molar-refractivity contribution in [2.75, 3.05) is 6.61 Å². The molecular weight excluding hydrogens is 791 g/mol. The van der Waals surface area contributed by atoms with Crippen molar-refractivity contribution >= 4 is 11.9 Å². The van der Waals surface area contributed by atoms with Crippen LogP contribution in [0.2, 0.25) is 0 Å². The summed E-state index contributed by atoms with van der Waals surface area (Å²) in [6.45, 7) is 6.50. The number of unbranched alkanes of at least 4 members (excludes halogenated alkanes) is 36. The molecule has 0 heterocycles. The van der Waals surface area contributed by atoms with Gasteiger partial charge in [-0.25, -0.2) is 0 Å². The molecule has 378 valence electrons. The SMILES string of the molecule is CCCCCC/C=C\CCCCCCCC(CC(=O)NC(CO)C(O)CCCCCCCCCCCCCCCCC)OC(=O)CCCCCCCCC/C=C/CCCCCCCC. The minimum Gasteiger partial charge on any atom is -0.462 e. The number of allylic oxidation sites excluding steroid dienone is 4. The first kappa shape index (κ1) is 62.3. The fraction of sp³-hybridized carbons (Fsp3) is 0.897. The van der Waals surface area contributed by atoms with Gasteiger partial charge in [-0.15, -0.1) is 0 Å². The first-order valence-corrected chi connectivity index (χ1v) is 28.6. The highest BCUT2D eigenvalue weighted by Crippen LogP contribution is 2.18. The number of rotatable bonds is 52. The van der Waals surface area contributed by atoms with E-state index in [4.69, 9.17) is 4.74 Å². The van der Waals surface area contributed by atoms with Crippen LogP contribution in [-0.4, -0.2) is 46.9 Å². The molecule has 0 fully saturated rings. The van der Waals surface area contributed by atoms with Crippen LogP contribution in [0.4, 0.5) is 0 Å². The number of aliphatic hydroxyl groups excluding tert-OH is 2. The van der Waals surface area contributed by atoms with Gasteiger partial charge in [0.05, 0.1) is 25.2 Å². The molecule has 0 saturated carbocycles. The lowest BCUT2D eigenvalue weighted by molar-refractivity contribution is -0.151. The second-order valence-electron chi connectivity index (χ2n) is 19.7. The normalized spacial score (nSPS) is 13.3. The third-order valence-electron chi connectivity index (χ3n) is 13.3. The van der Waals surface area contributed by atoms with E-state index in [0.29, 0.717) is 19.3 Å². The van der Waals surface area contributed by atoms with E-state index in [-0.39, 0.29) is 24.9 Å². The number of aliphatic hydroxyl groups is 2. The van der Waals surface area contributed by atoms with Crippen molar-refractivity contribution in [1.29, 1.82) is 0 Å². The highest BCUT2D eigenvalue weighted by Gasteiger charge is 2.24. The molecule has 0 bridgehead atoms. The Morgan fingerprint density at radius 1 is 0.438 bits per heavy atom. The van der Waals surface area contributed by atoms with Crippen LogP contribution in [0.25, 0.3) is 0 Å². The van der Waals surface area contributed by atoms with E-state index in [0.717, 1.165) is 57.8 Å². The molecule has 6 nitrogen and oxygen atoms in total. The lowest BCUT2D eigenvalue weighted by atomic mass is 10.0. The molecule has 0 aliphatic carbocycles. The maximum absolute atomic E-state index is 13.2. The molecule has 3 unspecified atom stereocenters. The van der Waals surface area contributed by atoms with E-state index >= 15 is 0 Å². The zero-order valence-corrected chi connectivity index (χ0v) is 43.2. The summed E-state index contributed by atoms with van der Waals surface area (Å²) >= 11 is 0. The van der Waals surface area contributed by atoms with Crippen LogP contribution in [0.3, 0.4) is 0 Å². The maximum Gasteiger partial charge on any atom is 0.306 e. The van der Waals surface area contributed by atoms with Crippen molar-refractivity contribution in [2.45, 2.75) is 328 Å². The van der Waals surface area contributed by atoms with Gasteiger partial charge in [-0.3, -0.25) is 9.59 Å². The van der Waals surface area contributed by atoms with E-state index in [1.54, 1.807) is 0 Å². The summed E-state index contributed by atoms with van der Waals surface area (Å²) in [5.74, 6) is -0.471. The average Bonchev–Trinajstić information content (AvgIpc) is 3.29. The molecule has 0 aromatic rings. The molecule has 3 N–H and O–H groups in total. The van der Waals surface area contributed by atoms with Crippen molar-refractivity contribution in [3.8, 4) is 0 Å². The van der Waals surface area contributed by atoms with E-state index in [1.807, 2.05) is 0 Å². The largest absolute Gasteiger partial charge is 0.462 e. The Hall–Kier alpha value is -1.66. The molecule has 0 aliphatic heterocycles. The van der Waals surface area contributed by atoms with Crippen molar-refractivity contribution in [1.82, 2.24) is 5.32 Å². The van der Waals surface area contributed by atoms with Gasteiger partial charge in [0.2, 0.25) is 5.91 Å². The predicted molar refractivity (Wildman–Crippen MR) is 278 cm³/mol. The minimum absolute atomic E-state index is 0.0746. The maximum atomic E-state index is 13.2. The summed E-state index contributed by atoms with van der Waals surface area (Å²) in [5.41, 5.74) is 0. The van der Waals surface area contributed by atoms with Crippen LogP contribution in [0, 0.1) is 0 Å². The summed E-state index contributed by atoms with van der Waals surface area (Å²) in [6.07, 6.45) is 61.0. The van der Waals surface area contributed by atoms with E-state index in [1.165, 1.54) is 205 Å². The fourth-order valence-corrected chi connectivity index (χ4v) is 8.89. The number of hydrogen-bond acceptors (Lipinski definition) is 5. The van der Waals surface area contributed by atoms with Gasteiger partial charge in [-0.2, -0.15) is 0 Å². The van der Waals surface area contributed by atoms with Crippen LogP contribution < -0.4 is 5.32 Å². The first-order chi connectivity index (χ1) is 31.5. The molecule has 0 rings (SSSR count). The molecule has 3 atom stereocenters. The van der Waals surface area contributed by atoms with Gasteiger partial charge in [0, 0.05) is 6.42 Å². The highest BCUT2D eigenvalue weighted by molar-refractivity contribution is 5.77. The topological polar surface area (TPSA) is 95.9 Å². The van der Waals surface area contributed by atoms with Gasteiger partial charge in [0.1, 0.15) is 6.10 Å². The number of carbonyl (C=O) groups is 2. The van der Waals surface area contributed by atoms with Gasteiger partial charge in [0.15, 0.2) is 0 Å². The van der Waals surface area contributed by atoms with E-state index < -0.39 is 18.2 Å². The summed E-state index contributed by atoms with van der Waals surface area (Å²) in [6, 6.07) is -0.702. The van der Waals surface area contributed by atoms with Gasteiger partial charge in [-0.05, 0) is 77.0 Å². The lowest BCUT2D eigenvalue weighted by Crippen LogP contribution is -2.46. The van der Waals surface area contributed by atoms with Crippen LogP contribution in [0.5, 0.6) is 0 Å². The molecule has 6 heteroatoms. The number of carbonyl (C=O) groups excluding carboxylic acids is 2. The molecule has 0 saturated heterocycles. The quantitative estimate of drug-likeness (QED) is 0.0321.